The van der Waals surface area contributed by atoms with Crippen molar-refractivity contribution in [1.82, 2.24) is 14.3 Å². The van der Waals surface area contributed by atoms with E-state index in [1.54, 1.807) is 19.2 Å². The Hall–Kier alpha value is -2.51. The Kier molecular flexibility index (Phi) is 5.83. The Morgan fingerprint density at radius 1 is 1.00 bits per heavy atom. The third-order valence-corrected chi connectivity index (χ3v) is 5.81. The summed E-state index contributed by atoms with van der Waals surface area (Å²) in [5, 5.41) is 0.939. The minimum Gasteiger partial charge on any atom is -0.497 e. The highest BCUT2D eigenvalue weighted by atomic mass is 32.1. The lowest BCUT2D eigenvalue weighted by atomic mass is 10.1. The van der Waals surface area contributed by atoms with Crippen molar-refractivity contribution in [1.29, 1.82) is 0 Å². The van der Waals surface area contributed by atoms with Crippen molar-refractivity contribution in [2.45, 2.75) is 6.42 Å². The van der Waals surface area contributed by atoms with E-state index in [0.717, 1.165) is 55.6 Å². The normalized spacial score (nSPS) is 15.0. The van der Waals surface area contributed by atoms with Crippen LogP contribution >= 0.6 is 11.5 Å². The zero-order valence-corrected chi connectivity index (χ0v) is 16.7. The molecule has 28 heavy (non-hydrogen) atoms. The Labute approximate surface area is 168 Å². The molecule has 0 spiro atoms. The molecule has 1 aromatic heterocycles. The van der Waals surface area contributed by atoms with Crippen molar-refractivity contribution < 1.29 is 9.13 Å². The van der Waals surface area contributed by atoms with Crippen molar-refractivity contribution in [3.05, 3.63) is 59.9 Å². The third-order valence-electron chi connectivity index (χ3n) is 5.04. The molecule has 0 aliphatic carbocycles. The highest BCUT2D eigenvalue weighted by Crippen LogP contribution is 2.25. The number of hydrogen-bond acceptors (Lipinski definition) is 6. The van der Waals surface area contributed by atoms with Crippen LogP contribution in [0.1, 0.15) is 5.56 Å². The second-order valence-electron chi connectivity index (χ2n) is 6.83. The largest absolute Gasteiger partial charge is 0.497 e. The smallest absolute Gasteiger partial charge is 0.205 e. The summed E-state index contributed by atoms with van der Waals surface area (Å²) in [5.41, 5.74) is 2.18. The first kappa shape index (κ1) is 18.8. The molecule has 1 saturated heterocycles. The van der Waals surface area contributed by atoms with Gasteiger partial charge in [0.05, 0.1) is 7.11 Å². The molecule has 0 unspecified atom stereocenters. The molecule has 0 radical (unpaired) electrons. The van der Waals surface area contributed by atoms with Crippen LogP contribution in [0.4, 0.5) is 9.52 Å². The summed E-state index contributed by atoms with van der Waals surface area (Å²) in [5.74, 6) is 1.32. The van der Waals surface area contributed by atoms with Gasteiger partial charge in [0.1, 0.15) is 11.6 Å². The minimum atomic E-state index is -0.245. The van der Waals surface area contributed by atoms with E-state index in [4.69, 9.17) is 4.74 Å². The number of halogens is 1. The first-order valence-corrected chi connectivity index (χ1v) is 10.2. The first-order valence-electron chi connectivity index (χ1n) is 9.41. The second kappa shape index (κ2) is 8.67. The van der Waals surface area contributed by atoms with Gasteiger partial charge >= 0.3 is 0 Å². The summed E-state index contributed by atoms with van der Waals surface area (Å²) in [6.45, 7) is 4.97. The van der Waals surface area contributed by atoms with Crippen LogP contribution < -0.4 is 9.64 Å². The summed E-state index contributed by atoms with van der Waals surface area (Å²) in [7, 11) is 1.69. The van der Waals surface area contributed by atoms with E-state index in [-0.39, 0.29) is 5.82 Å². The van der Waals surface area contributed by atoms with Gasteiger partial charge in [0.2, 0.25) is 5.13 Å². The Morgan fingerprint density at radius 3 is 2.39 bits per heavy atom. The fourth-order valence-electron chi connectivity index (χ4n) is 3.30. The van der Waals surface area contributed by atoms with E-state index in [9.17, 15) is 4.39 Å². The van der Waals surface area contributed by atoms with Crippen LogP contribution in [0.25, 0.3) is 11.4 Å². The van der Waals surface area contributed by atoms with E-state index in [1.807, 2.05) is 12.1 Å². The number of anilines is 1. The number of ether oxygens (including phenoxy) is 1. The number of methoxy groups -OCH3 is 1. The van der Waals surface area contributed by atoms with Gasteiger partial charge in [-0.1, -0.05) is 12.1 Å². The molecule has 2 heterocycles. The maximum atomic E-state index is 13.1. The molecule has 5 nitrogen and oxygen atoms in total. The molecule has 0 bridgehead atoms. The van der Waals surface area contributed by atoms with E-state index in [0.29, 0.717) is 5.82 Å². The van der Waals surface area contributed by atoms with Gasteiger partial charge in [-0.25, -0.2) is 4.39 Å². The number of nitrogens with zero attached hydrogens (tertiary/aromatic N) is 4. The standard InChI is InChI=1S/C21H23FN4OS/c1-27-19-8-2-16(3-9-19)10-11-25-12-14-26(15-13-25)21-23-20(24-28-21)17-4-6-18(22)7-5-17/h2-9H,10-15H2,1H3. The van der Waals surface area contributed by atoms with E-state index >= 15 is 0 Å². The summed E-state index contributed by atoms with van der Waals surface area (Å²) in [4.78, 5) is 9.42. The molecule has 2 aromatic carbocycles. The number of hydrogen-bond donors (Lipinski definition) is 0. The van der Waals surface area contributed by atoms with Crippen molar-refractivity contribution in [3.8, 4) is 17.1 Å². The fourth-order valence-corrected chi connectivity index (χ4v) is 4.04. The molecular weight excluding hydrogens is 375 g/mol. The van der Waals surface area contributed by atoms with Crippen LogP contribution in [-0.4, -0.2) is 54.1 Å². The number of aromatic nitrogens is 2. The van der Waals surface area contributed by atoms with Crippen molar-refractivity contribution in [2.75, 3.05) is 44.7 Å². The molecule has 146 valence electrons. The van der Waals surface area contributed by atoms with Crippen molar-refractivity contribution in [2.24, 2.45) is 0 Å². The molecule has 0 saturated carbocycles. The summed E-state index contributed by atoms with van der Waals surface area (Å²) < 4.78 is 22.7. The molecule has 0 amide bonds. The molecule has 0 atom stereocenters. The van der Waals surface area contributed by atoms with Gasteiger partial charge in [-0.3, -0.25) is 4.90 Å². The van der Waals surface area contributed by atoms with Gasteiger partial charge in [-0.05, 0) is 48.4 Å². The summed E-state index contributed by atoms with van der Waals surface area (Å²) >= 11 is 1.41. The predicted molar refractivity (Wildman–Crippen MR) is 111 cm³/mol. The van der Waals surface area contributed by atoms with Crippen LogP contribution in [0.3, 0.4) is 0 Å². The van der Waals surface area contributed by atoms with Gasteiger partial charge in [0, 0.05) is 49.8 Å². The quantitative estimate of drug-likeness (QED) is 0.633. The van der Waals surface area contributed by atoms with Crippen molar-refractivity contribution >= 4 is 16.7 Å². The molecule has 7 heteroatoms. The predicted octanol–water partition coefficient (Wildman–Crippen LogP) is 3.72. The third kappa shape index (κ3) is 4.48. The van der Waals surface area contributed by atoms with Gasteiger partial charge in [0.15, 0.2) is 5.82 Å². The van der Waals surface area contributed by atoms with Crippen LogP contribution in [0.15, 0.2) is 48.5 Å². The highest BCUT2D eigenvalue weighted by molar-refractivity contribution is 7.09. The van der Waals surface area contributed by atoms with Crippen LogP contribution in [-0.2, 0) is 6.42 Å². The van der Waals surface area contributed by atoms with Crippen LogP contribution in [0.2, 0.25) is 0 Å². The maximum absolute atomic E-state index is 13.1. The zero-order chi connectivity index (χ0) is 19.3. The van der Waals surface area contributed by atoms with Crippen LogP contribution in [0, 0.1) is 5.82 Å². The Balaban J connectivity index is 1.28. The van der Waals surface area contributed by atoms with Crippen molar-refractivity contribution in [3.63, 3.8) is 0 Å². The van der Waals surface area contributed by atoms with E-state index in [1.165, 1.54) is 29.2 Å². The zero-order valence-electron chi connectivity index (χ0n) is 15.8. The van der Waals surface area contributed by atoms with Crippen LogP contribution in [0.5, 0.6) is 5.75 Å². The molecule has 1 aliphatic heterocycles. The molecule has 4 rings (SSSR count). The lowest BCUT2D eigenvalue weighted by Gasteiger charge is -2.34. The first-order chi connectivity index (χ1) is 13.7. The van der Waals surface area contributed by atoms with Gasteiger partial charge < -0.3 is 9.64 Å². The van der Waals surface area contributed by atoms with Gasteiger partial charge in [-0.15, -0.1) is 0 Å². The molecule has 3 aromatic rings. The Morgan fingerprint density at radius 2 is 1.71 bits per heavy atom. The lowest BCUT2D eigenvalue weighted by molar-refractivity contribution is 0.261. The molecular formula is C21H23FN4OS. The number of piperazine rings is 1. The average molecular weight is 399 g/mol. The van der Waals surface area contributed by atoms with Gasteiger partial charge in [-0.2, -0.15) is 9.36 Å². The SMILES string of the molecule is COc1ccc(CCN2CCN(c3nc(-c4ccc(F)cc4)ns3)CC2)cc1. The average Bonchev–Trinajstić information content (AvgIpc) is 3.24. The number of benzene rings is 2. The topological polar surface area (TPSA) is 41.5 Å². The minimum absolute atomic E-state index is 0.245. The van der Waals surface area contributed by atoms with E-state index < -0.39 is 0 Å². The van der Waals surface area contributed by atoms with Gasteiger partial charge in [0.25, 0.3) is 0 Å². The monoisotopic (exact) mass is 398 g/mol. The second-order valence-corrected chi connectivity index (χ2v) is 7.56. The maximum Gasteiger partial charge on any atom is 0.205 e. The number of rotatable bonds is 6. The fraction of sp³-hybridized carbons (Fsp3) is 0.333. The molecule has 1 aliphatic rings. The van der Waals surface area contributed by atoms with E-state index in [2.05, 4.69) is 31.3 Å². The molecule has 1 fully saturated rings. The molecule has 0 N–H and O–H groups in total. The summed E-state index contributed by atoms with van der Waals surface area (Å²) in [6, 6.07) is 14.6. The summed E-state index contributed by atoms with van der Waals surface area (Å²) in [6.07, 6.45) is 1.04. The highest BCUT2D eigenvalue weighted by Gasteiger charge is 2.20. The Bertz CT molecular complexity index is 890. The lowest BCUT2D eigenvalue weighted by Crippen LogP contribution is -2.47.